The predicted octanol–water partition coefficient (Wildman–Crippen LogP) is 2.34. The Kier molecular flexibility index (Phi) is 7.26. The highest BCUT2D eigenvalue weighted by atomic mass is 16.5. The fourth-order valence-electron chi connectivity index (χ4n) is 3.04. The van der Waals surface area contributed by atoms with Gasteiger partial charge >= 0.3 is 5.97 Å². The van der Waals surface area contributed by atoms with Gasteiger partial charge in [-0.15, -0.1) is 0 Å². The highest BCUT2D eigenvalue weighted by Gasteiger charge is 2.30. The van der Waals surface area contributed by atoms with Crippen LogP contribution in [0.2, 0.25) is 0 Å². The Morgan fingerprint density at radius 1 is 1.31 bits per heavy atom. The van der Waals surface area contributed by atoms with Gasteiger partial charge in [0.1, 0.15) is 11.5 Å². The number of aliphatic carboxylic acids is 1. The Balaban J connectivity index is 2.09. The average Bonchev–Trinajstić information content (AvgIpc) is 2.61. The summed E-state index contributed by atoms with van der Waals surface area (Å²) in [7, 11) is 1.54. The molecule has 26 heavy (non-hydrogen) atoms. The fourth-order valence-corrected chi connectivity index (χ4v) is 3.04. The molecule has 1 fully saturated rings. The molecule has 144 valence electrons. The molecule has 0 aromatic heterocycles. The molecule has 2 rings (SSSR count). The number of carbonyl (C=O) groups excluding carboxylic acids is 1. The number of hydrogen-bond acceptors (Lipinski definition) is 5. The molecule has 2 N–H and O–H groups in total. The first-order valence-electron chi connectivity index (χ1n) is 8.85. The number of carbonyl (C=O) groups is 2. The van der Waals surface area contributed by atoms with Crippen molar-refractivity contribution in [1.29, 1.82) is 0 Å². The van der Waals surface area contributed by atoms with E-state index in [2.05, 4.69) is 5.32 Å². The van der Waals surface area contributed by atoms with Crippen LogP contribution >= 0.6 is 0 Å². The number of nitrogens with one attached hydrogen (secondary N) is 1. The molecule has 1 aromatic rings. The van der Waals surface area contributed by atoms with E-state index in [0.717, 1.165) is 0 Å². The van der Waals surface area contributed by atoms with Gasteiger partial charge in [0.05, 0.1) is 24.7 Å². The van der Waals surface area contributed by atoms with Gasteiger partial charge < -0.3 is 24.6 Å². The maximum atomic E-state index is 12.6. The third-order valence-corrected chi connectivity index (χ3v) is 4.43. The lowest BCUT2D eigenvalue weighted by Gasteiger charge is -2.27. The summed E-state index contributed by atoms with van der Waals surface area (Å²) in [6.07, 6.45) is 1.27. The molecule has 1 amide bonds. The maximum Gasteiger partial charge on any atom is 0.308 e. The quantitative estimate of drug-likeness (QED) is 0.734. The highest BCUT2D eigenvalue weighted by molar-refractivity contribution is 5.97. The number of carboxylic acids is 1. The molecule has 1 aliphatic rings. The monoisotopic (exact) mass is 365 g/mol. The molecule has 0 aliphatic carbocycles. The van der Waals surface area contributed by atoms with Crippen LogP contribution in [0, 0.1) is 11.8 Å². The molecular weight excluding hydrogens is 338 g/mol. The Hall–Kier alpha value is -2.28. The lowest BCUT2D eigenvalue weighted by molar-refractivity contribution is -0.144. The maximum absolute atomic E-state index is 12.6. The van der Waals surface area contributed by atoms with E-state index < -0.39 is 11.9 Å². The number of methoxy groups -OCH3 is 1. The van der Waals surface area contributed by atoms with E-state index >= 15 is 0 Å². The summed E-state index contributed by atoms with van der Waals surface area (Å²) in [6, 6.07) is 4.95. The van der Waals surface area contributed by atoms with Crippen LogP contribution in [0.5, 0.6) is 11.5 Å². The normalized spacial score (nSPS) is 16.2. The number of benzene rings is 1. The SMILES string of the molecule is COc1ccc(C(=O)NCC(C(=O)O)C2CCOCC2)c(OC(C)C)c1. The molecule has 1 unspecified atom stereocenters. The molecule has 1 saturated heterocycles. The average molecular weight is 365 g/mol. The molecule has 1 aliphatic heterocycles. The molecule has 7 nitrogen and oxygen atoms in total. The molecule has 0 spiro atoms. The van der Waals surface area contributed by atoms with Crippen LogP contribution in [0.3, 0.4) is 0 Å². The largest absolute Gasteiger partial charge is 0.497 e. The van der Waals surface area contributed by atoms with Gasteiger partial charge in [-0.25, -0.2) is 0 Å². The summed E-state index contributed by atoms with van der Waals surface area (Å²) in [4.78, 5) is 24.2. The van der Waals surface area contributed by atoms with E-state index in [4.69, 9.17) is 14.2 Å². The Labute approximate surface area is 153 Å². The molecule has 1 atom stereocenters. The van der Waals surface area contributed by atoms with E-state index in [9.17, 15) is 14.7 Å². The second-order valence-electron chi connectivity index (χ2n) is 6.63. The summed E-state index contributed by atoms with van der Waals surface area (Å²) in [5.41, 5.74) is 0.357. The lowest BCUT2D eigenvalue weighted by Crippen LogP contribution is -2.39. The van der Waals surface area contributed by atoms with E-state index in [1.165, 1.54) is 0 Å². The number of ether oxygens (including phenoxy) is 3. The van der Waals surface area contributed by atoms with Gasteiger partial charge in [0, 0.05) is 25.8 Å². The topological polar surface area (TPSA) is 94.1 Å². The lowest BCUT2D eigenvalue weighted by atomic mass is 9.86. The molecular formula is C19H27NO6. The molecule has 0 saturated carbocycles. The van der Waals surface area contributed by atoms with Crippen LogP contribution in [0.1, 0.15) is 37.0 Å². The van der Waals surface area contributed by atoms with E-state index in [1.807, 2.05) is 13.8 Å². The first-order chi connectivity index (χ1) is 12.4. The van der Waals surface area contributed by atoms with Gasteiger partial charge in [-0.2, -0.15) is 0 Å². The Morgan fingerprint density at radius 2 is 2.00 bits per heavy atom. The van der Waals surface area contributed by atoms with Crippen molar-refractivity contribution in [1.82, 2.24) is 5.32 Å². The fraction of sp³-hybridized carbons (Fsp3) is 0.579. The highest BCUT2D eigenvalue weighted by Crippen LogP contribution is 2.27. The second-order valence-corrected chi connectivity index (χ2v) is 6.63. The molecule has 0 bridgehead atoms. The van der Waals surface area contributed by atoms with Crippen molar-refractivity contribution in [2.24, 2.45) is 11.8 Å². The standard InChI is InChI=1S/C19H27NO6/c1-12(2)26-17-10-14(24-3)4-5-15(17)18(21)20-11-16(19(22)23)13-6-8-25-9-7-13/h4-5,10,12-13,16H,6-9,11H2,1-3H3,(H,20,21)(H,22,23). The van der Waals surface area contributed by atoms with Crippen molar-refractivity contribution in [2.75, 3.05) is 26.9 Å². The van der Waals surface area contributed by atoms with Gasteiger partial charge in [-0.3, -0.25) is 9.59 Å². The summed E-state index contributed by atoms with van der Waals surface area (Å²) in [6.45, 7) is 4.94. The van der Waals surface area contributed by atoms with Crippen molar-refractivity contribution in [3.05, 3.63) is 23.8 Å². The van der Waals surface area contributed by atoms with Crippen LogP contribution in [0.15, 0.2) is 18.2 Å². The van der Waals surface area contributed by atoms with Crippen LogP contribution < -0.4 is 14.8 Å². The Bertz CT molecular complexity index is 624. The van der Waals surface area contributed by atoms with Crippen molar-refractivity contribution < 1.29 is 28.9 Å². The van der Waals surface area contributed by atoms with Crippen molar-refractivity contribution in [2.45, 2.75) is 32.8 Å². The van der Waals surface area contributed by atoms with Crippen molar-refractivity contribution in [3.8, 4) is 11.5 Å². The van der Waals surface area contributed by atoms with Crippen LogP contribution in [-0.4, -0.2) is 50.0 Å². The summed E-state index contributed by atoms with van der Waals surface area (Å²) < 4.78 is 16.2. The predicted molar refractivity (Wildman–Crippen MR) is 95.8 cm³/mol. The van der Waals surface area contributed by atoms with Gasteiger partial charge in [0.2, 0.25) is 0 Å². The smallest absolute Gasteiger partial charge is 0.308 e. The zero-order valence-corrected chi connectivity index (χ0v) is 15.5. The second kappa shape index (κ2) is 9.43. The number of carboxylic acid groups (broad SMARTS) is 1. The van der Waals surface area contributed by atoms with Crippen LogP contribution in [0.4, 0.5) is 0 Å². The van der Waals surface area contributed by atoms with Gasteiger partial charge in [-0.05, 0) is 44.7 Å². The van der Waals surface area contributed by atoms with Crippen molar-refractivity contribution in [3.63, 3.8) is 0 Å². The van der Waals surface area contributed by atoms with Gasteiger partial charge in [0.25, 0.3) is 5.91 Å². The molecule has 0 radical (unpaired) electrons. The van der Waals surface area contributed by atoms with Crippen LogP contribution in [-0.2, 0) is 9.53 Å². The first kappa shape index (κ1) is 20.0. The van der Waals surface area contributed by atoms with Gasteiger partial charge in [0.15, 0.2) is 0 Å². The zero-order chi connectivity index (χ0) is 19.1. The minimum atomic E-state index is -0.898. The van der Waals surface area contributed by atoms with Gasteiger partial charge in [-0.1, -0.05) is 0 Å². The third-order valence-electron chi connectivity index (χ3n) is 4.43. The molecule has 1 heterocycles. The number of amides is 1. The van der Waals surface area contributed by atoms with E-state index in [1.54, 1.807) is 25.3 Å². The Morgan fingerprint density at radius 3 is 2.58 bits per heavy atom. The third kappa shape index (κ3) is 5.36. The van der Waals surface area contributed by atoms with Crippen molar-refractivity contribution >= 4 is 11.9 Å². The minimum absolute atomic E-state index is 0.00352. The first-order valence-corrected chi connectivity index (χ1v) is 8.85. The summed E-state index contributed by atoms with van der Waals surface area (Å²) in [5.74, 6) is -0.885. The summed E-state index contributed by atoms with van der Waals surface area (Å²) in [5, 5.41) is 12.3. The molecule has 1 aromatic carbocycles. The van der Waals surface area contributed by atoms with E-state index in [0.29, 0.717) is 43.1 Å². The molecule has 7 heteroatoms. The minimum Gasteiger partial charge on any atom is -0.497 e. The van der Waals surface area contributed by atoms with E-state index in [-0.39, 0.29) is 24.5 Å². The number of rotatable bonds is 8. The van der Waals surface area contributed by atoms with Crippen LogP contribution in [0.25, 0.3) is 0 Å². The zero-order valence-electron chi connectivity index (χ0n) is 15.5. The summed E-state index contributed by atoms with van der Waals surface area (Å²) >= 11 is 0. The number of hydrogen-bond donors (Lipinski definition) is 2.